The van der Waals surface area contributed by atoms with Crippen LogP contribution in [0.25, 0.3) is 11.1 Å². The molecule has 0 heterocycles. The maximum Gasteiger partial charge on any atom is 0.408 e. The summed E-state index contributed by atoms with van der Waals surface area (Å²) >= 11 is 7.16. The minimum Gasteiger partial charge on any atom is -0.449 e. The van der Waals surface area contributed by atoms with Gasteiger partial charge in [0.15, 0.2) is 5.60 Å². The number of carbonyl (C=O) groups is 5. The number of esters is 1. The van der Waals surface area contributed by atoms with Crippen LogP contribution in [0.5, 0.6) is 0 Å². The first-order valence-electron chi connectivity index (χ1n) is 28.8. The van der Waals surface area contributed by atoms with Gasteiger partial charge in [-0.1, -0.05) is 210 Å². The van der Waals surface area contributed by atoms with E-state index in [0.29, 0.717) is 66.2 Å². The van der Waals surface area contributed by atoms with Crippen LogP contribution in [0.4, 0.5) is 4.79 Å². The van der Waals surface area contributed by atoms with E-state index in [9.17, 15) is 9.59 Å². The van der Waals surface area contributed by atoms with Crippen molar-refractivity contribution in [2.24, 2.45) is 5.92 Å². The monoisotopic (exact) mass is 1070 g/mol. The van der Waals surface area contributed by atoms with E-state index in [1.807, 2.05) is 72.8 Å². The lowest BCUT2D eigenvalue weighted by Gasteiger charge is -2.41. The Balaban J connectivity index is 0.979. The van der Waals surface area contributed by atoms with E-state index in [0.717, 1.165) is 47.9 Å². The van der Waals surface area contributed by atoms with Gasteiger partial charge in [0.05, 0.1) is 6.42 Å². The molecule has 0 aromatic heterocycles. The summed E-state index contributed by atoms with van der Waals surface area (Å²) in [6, 6.07) is 39.4. The molecule has 78 heavy (non-hydrogen) atoms. The quantitative estimate of drug-likeness (QED) is 0.0770. The fraction of sp³-hybridized carbons (Fsp3) is 0.470. The summed E-state index contributed by atoms with van der Waals surface area (Å²) < 4.78 is 12.9. The number of halogens is 1. The van der Waals surface area contributed by atoms with Crippen LogP contribution in [0, 0.1) is 5.92 Å². The molecule has 12 heteroatoms. The van der Waals surface area contributed by atoms with Gasteiger partial charge in [0.2, 0.25) is 17.7 Å². The van der Waals surface area contributed by atoms with Crippen molar-refractivity contribution < 1.29 is 33.4 Å². The Morgan fingerprint density at radius 1 is 0.603 bits per heavy atom. The SMILES string of the molecule is CN(C)C(=O)[C@H](CC(=O)OC(c1ccccc1)(c1ccc(C2CCCCCCCCCC2)cc1)c1ccccc1Cl)N(C)C(=O)[C@H](C1CCCC1)N(C)C(=O)C1(NC(=O)OCC2c3ccccc3-c3ccccc32)CCCC1. The van der Waals surface area contributed by atoms with Gasteiger partial charge in [0.1, 0.15) is 24.2 Å². The predicted octanol–water partition coefficient (Wildman–Crippen LogP) is 13.3. The molecule has 5 aromatic carbocycles. The zero-order valence-electron chi connectivity index (χ0n) is 46.2. The number of benzene rings is 5. The number of hydrogen-bond donors (Lipinski definition) is 1. The lowest BCUT2D eigenvalue weighted by atomic mass is 9.78. The molecule has 4 aliphatic rings. The van der Waals surface area contributed by atoms with Crippen LogP contribution in [-0.4, -0.2) is 96.9 Å². The lowest BCUT2D eigenvalue weighted by Crippen LogP contribution is -2.63. The van der Waals surface area contributed by atoms with Crippen LogP contribution >= 0.6 is 11.6 Å². The molecular weight excluding hydrogens is 996 g/mol. The number of likely N-dealkylation sites (N-methyl/N-ethyl adjacent to an activating group) is 3. The Kier molecular flexibility index (Phi) is 18.4. The average molecular weight is 1080 g/mol. The van der Waals surface area contributed by atoms with E-state index in [4.69, 9.17) is 21.1 Å². The summed E-state index contributed by atoms with van der Waals surface area (Å²) in [7, 11) is 6.38. The van der Waals surface area contributed by atoms with Gasteiger partial charge in [-0.25, -0.2) is 4.79 Å². The predicted molar refractivity (Wildman–Crippen MR) is 307 cm³/mol. The van der Waals surface area contributed by atoms with Gasteiger partial charge in [-0.3, -0.25) is 19.2 Å². The molecule has 9 rings (SSSR count). The van der Waals surface area contributed by atoms with E-state index in [-0.39, 0.29) is 24.3 Å². The molecule has 5 aromatic rings. The first kappa shape index (κ1) is 56.3. The molecule has 3 atom stereocenters. The molecule has 0 bridgehead atoms. The topological polar surface area (TPSA) is 126 Å². The number of nitrogens with one attached hydrogen (secondary N) is 1. The largest absolute Gasteiger partial charge is 0.449 e. The van der Waals surface area contributed by atoms with Crippen molar-refractivity contribution in [2.45, 2.75) is 157 Å². The van der Waals surface area contributed by atoms with E-state index in [2.05, 4.69) is 53.8 Å². The van der Waals surface area contributed by atoms with Crippen molar-refractivity contribution in [2.75, 3.05) is 34.8 Å². The molecular formula is C66H79ClN4O7. The number of fused-ring (bicyclic) bond motifs is 3. The molecule has 0 saturated heterocycles. The zero-order chi connectivity index (χ0) is 54.8. The molecule has 0 aliphatic heterocycles. The highest BCUT2D eigenvalue weighted by Crippen LogP contribution is 2.47. The molecule has 3 saturated carbocycles. The second kappa shape index (κ2) is 25.6. The van der Waals surface area contributed by atoms with Gasteiger partial charge in [0.25, 0.3) is 0 Å². The maximum atomic E-state index is 15.4. The minimum atomic E-state index is -1.55. The summed E-state index contributed by atoms with van der Waals surface area (Å²) in [5, 5.41) is 3.43. The molecule has 3 fully saturated rings. The number of nitrogens with zero attached hydrogens (tertiary/aromatic N) is 3. The van der Waals surface area contributed by atoms with Gasteiger partial charge < -0.3 is 29.5 Å². The van der Waals surface area contributed by atoms with Crippen LogP contribution in [0.3, 0.4) is 0 Å². The first-order valence-corrected chi connectivity index (χ1v) is 29.2. The van der Waals surface area contributed by atoms with Gasteiger partial charge >= 0.3 is 12.1 Å². The number of carbonyl (C=O) groups excluding carboxylic acids is 5. The average Bonchev–Trinajstić information content (AvgIpc) is 4.29. The molecule has 11 nitrogen and oxygen atoms in total. The fourth-order valence-corrected chi connectivity index (χ4v) is 13.7. The van der Waals surface area contributed by atoms with Crippen LogP contribution in [0.1, 0.15) is 167 Å². The first-order chi connectivity index (χ1) is 37.8. The summed E-state index contributed by atoms with van der Waals surface area (Å²) in [5.41, 5.74) is 4.73. The number of ether oxygens (including phenoxy) is 2. The number of amides is 4. The molecule has 1 N–H and O–H groups in total. The van der Waals surface area contributed by atoms with Crippen LogP contribution in [0.15, 0.2) is 127 Å². The van der Waals surface area contributed by atoms with Gasteiger partial charge in [-0.05, 0) is 84.2 Å². The van der Waals surface area contributed by atoms with Crippen molar-refractivity contribution in [1.82, 2.24) is 20.0 Å². The number of rotatable bonds is 16. The van der Waals surface area contributed by atoms with Crippen molar-refractivity contribution in [3.05, 3.63) is 166 Å². The van der Waals surface area contributed by atoms with E-state index in [1.54, 1.807) is 34.3 Å². The molecule has 4 amide bonds. The molecule has 4 aliphatic carbocycles. The molecule has 0 spiro atoms. The summed E-state index contributed by atoms with van der Waals surface area (Å²) in [6.45, 7) is 0.0925. The summed E-state index contributed by atoms with van der Waals surface area (Å²) in [5.74, 6) is -2.00. The fourth-order valence-electron chi connectivity index (χ4n) is 13.4. The highest BCUT2D eigenvalue weighted by Gasteiger charge is 2.50. The van der Waals surface area contributed by atoms with Crippen molar-refractivity contribution in [3.8, 4) is 11.1 Å². The Hall–Kier alpha value is -6.46. The standard InChI is InChI=1S/C66H79ClN4O7/c1-69(2)61(73)58(44-59(72)78-66(49-30-14-11-15-31-49,56-36-22-23-37-57(56)67)50-40-38-47(39-41-50)46-26-12-9-7-5-6-8-10-13-27-46)70(3)62(74)60(48-28-16-17-29-48)71(4)63(75)65(42-24-25-43-65)68-64(76)77-45-55-53-34-20-18-32-51(53)52-33-19-21-35-54(52)55/h11,14-15,18-23,30-41,46,48,55,58,60H,5-10,12-13,16-17,24-29,42-45H2,1-4H3,(H,68,76)/t58-,60-,66?/m0/s1. The second-order valence-corrected chi connectivity index (χ2v) is 23.2. The molecule has 412 valence electrons. The molecule has 1 unspecified atom stereocenters. The van der Waals surface area contributed by atoms with Crippen molar-refractivity contribution in [3.63, 3.8) is 0 Å². The zero-order valence-corrected chi connectivity index (χ0v) is 47.0. The smallest absolute Gasteiger partial charge is 0.408 e. The number of alkyl carbamates (subject to hydrolysis) is 1. The van der Waals surface area contributed by atoms with Crippen molar-refractivity contribution >= 4 is 41.4 Å². The van der Waals surface area contributed by atoms with E-state index in [1.165, 1.54) is 71.6 Å². The second-order valence-electron chi connectivity index (χ2n) is 22.8. The van der Waals surface area contributed by atoms with Crippen LogP contribution in [-0.2, 0) is 34.3 Å². The third-order valence-corrected chi connectivity index (χ3v) is 18.0. The van der Waals surface area contributed by atoms with Crippen LogP contribution in [0.2, 0.25) is 5.02 Å². The summed E-state index contributed by atoms with van der Waals surface area (Å²) in [4.78, 5) is 78.5. The Bertz CT molecular complexity index is 2820. The van der Waals surface area contributed by atoms with E-state index < -0.39 is 53.5 Å². The van der Waals surface area contributed by atoms with Crippen LogP contribution < -0.4 is 5.32 Å². The van der Waals surface area contributed by atoms with Gasteiger partial charge in [-0.15, -0.1) is 0 Å². The summed E-state index contributed by atoms with van der Waals surface area (Å²) in [6.07, 6.45) is 16.4. The van der Waals surface area contributed by atoms with Crippen molar-refractivity contribution in [1.29, 1.82) is 0 Å². The highest BCUT2D eigenvalue weighted by molar-refractivity contribution is 6.31. The van der Waals surface area contributed by atoms with E-state index >= 15 is 14.4 Å². The number of hydrogen-bond acceptors (Lipinski definition) is 7. The Morgan fingerprint density at radius 3 is 1.72 bits per heavy atom. The third kappa shape index (κ3) is 12.1. The minimum absolute atomic E-state index is 0.0925. The third-order valence-electron chi connectivity index (χ3n) is 17.6. The Labute approximate surface area is 467 Å². The lowest BCUT2D eigenvalue weighted by molar-refractivity contribution is -0.160. The van der Waals surface area contributed by atoms with Gasteiger partial charge in [0, 0.05) is 55.8 Å². The highest BCUT2D eigenvalue weighted by atomic mass is 35.5. The molecule has 0 radical (unpaired) electrons. The maximum absolute atomic E-state index is 15.4. The normalized spacial score (nSPS) is 18.5. The van der Waals surface area contributed by atoms with Gasteiger partial charge in [-0.2, -0.15) is 0 Å². The Morgan fingerprint density at radius 2 is 1.13 bits per heavy atom.